The Morgan fingerprint density at radius 1 is 1.16 bits per heavy atom. The van der Waals surface area contributed by atoms with E-state index >= 15 is 0 Å². The standard InChI is InChI=1S/C15H14N4/c16-15-17-8-7-11(18-15)14-10-4-1-2-5-12(10)19-9-3-6-13(14)19/h1-2,4-5,7-8H,3,6,9H2,(H2,16,17,18). The van der Waals surface area contributed by atoms with Crippen LogP contribution in [-0.4, -0.2) is 14.5 Å². The molecular weight excluding hydrogens is 236 g/mol. The Kier molecular flexibility index (Phi) is 2.12. The van der Waals surface area contributed by atoms with Gasteiger partial charge in [0.05, 0.1) is 5.69 Å². The van der Waals surface area contributed by atoms with Gasteiger partial charge in [-0.3, -0.25) is 0 Å². The third-order valence-electron chi connectivity index (χ3n) is 3.80. The van der Waals surface area contributed by atoms with Crippen LogP contribution in [0, 0.1) is 0 Å². The molecule has 0 atom stereocenters. The normalized spacial score (nSPS) is 13.9. The smallest absolute Gasteiger partial charge is 0.220 e. The van der Waals surface area contributed by atoms with Crippen LogP contribution >= 0.6 is 0 Å². The number of benzene rings is 1. The van der Waals surface area contributed by atoms with Gasteiger partial charge >= 0.3 is 0 Å². The second-order valence-corrected chi connectivity index (χ2v) is 4.89. The van der Waals surface area contributed by atoms with Crippen molar-refractivity contribution in [1.82, 2.24) is 14.5 Å². The summed E-state index contributed by atoms with van der Waals surface area (Å²) in [5.41, 5.74) is 10.5. The van der Waals surface area contributed by atoms with Crippen molar-refractivity contribution < 1.29 is 0 Å². The molecule has 4 nitrogen and oxygen atoms in total. The van der Waals surface area contributed by atoms with Crippen LogP contribution in [-0.2, 0) is 13.0 Å². The van der Waals surface area contributed by atoms with E-state index in [1.165, 1.54) is 28.6 Å². The van der Waals surface area contributed by atoms with E-state index in [9.17, 15) is 0 Å². The molecule has 1 aliphatic heterocycles. The average Bonchev–Trinajstić information content (AvgIpc) is 2.98. The summed E-state index contributed by atoms with van der Waals surface area (Å²) in [6, 6.07) is 10.4. The van der Waals surface area contributed by atoms with Crippen LogP contribution in [0.25, 0.3) is 22.2 Å². The Morgan fingerprint density at radius 3 is 2.95 bits per heavy atom. The number of fused-ring (bicyclic) bond motifs is 3. The second kappa shape index (κ2) is 3.82. The predicted octanol–water partition coefficient (Wildman–Crippen LogP) is 2.63. The number of hydrogen-bond acceptors (Lipinski definition) is 3. The Balaban J connectivity index is 2.09. The first kappa shape index (κ1) is 10.6. The van der Waals surface area contributed by atoms with Gasteiger partial charge in [-0.15, -0.1) is 0 Å². The number of anilines is 1. The molecule has 4 heteroatoms. The topological polar surface area (TPSA) is 56.7 Å². The number of aryl methyl sites for hydroxylation is 1. The molecule has 94 valence electrons. The summed E-state index contributed by atoms with van der Waals surface area (Å²) in [7, 11) is 0. The van der Waals surface area contributed by atoms with Gasteiger partial charge in [-0.05, 0) is 25.0 Å². The van der Waals surface area contributed by atoms with Crippen LogP contribution in [0.1, 0.15) is 12.1 Å². The van der Waals surface area contributed by atoms with E-state index in [2.05, 4.69) is 38.8 Å². The zero-order chi connectivity index (χ0) is 12.8. The summed E-state index contributed by atoms with van der Waals surface area (Å²) in [5, 5.41) is 1.26. The molecule has 0 aliphatic carbocycles. The summed E-state index contributed by atoms with van der Waals surface area (Å²) >= 11 is 0. The van der Waals surface area contributed by atoms with Crippen LogP contribution in [0.15, 0.2) is 36.5 Å². The highest BCUT2D eigenvalue weighted by molar-refractivity contribution is 5.97. The fraction of sp³-hybridized carbons (Fsp3) is 0.200. The number of para-hydroxylation sites is 1. The highest BCUT2D eigenvalue weighted by Crippen LogP contribution is 2.37. The zero-order valence-electron chi connectivity index (χ0n) is 10.5. The van der Waals surface area contributed by atoms with Crippen LogP contribution in [0.4, 0.5) is 5.95 Å². The Bertz CT molecular complexity index is 773. The van der Waals surface area contributed by atoms with Crippen molar-refractivity contribution in [2.24, 2.45) is 0 Å². The molecule has 2 aromatic heterocycles. The molecule has 0 bridgehead atoms. The van der Waals surface area contributed by atoms with Crippen LogP contribution < -0.4 is 5.73 Å². The minimum absolute atomic E-state index is 0.333. The monoisotopic (exact) mass is 250 g/mol. The maximum atomic E-state index is 5.72. The van der Waals surface area contributed by atoms with E-state index in [1.807, 2.05) is 6.07 Å². The highest BCUT2D eigenvalue weighted by atomic mass is 15.0. The molecule has 2 N–H and O–H groups in total. The number of aromatic nitrogens is 3. The molecular formula is C15H14N4. The molecule has 19 heavy (non-hydrogen) atoms. The average molecular weight is 250 g/mol. The van der Waals surface area contributed by atoms with Gasteiger partial charge in [0.15, 0.2) is 0 Å². The molecule has 0 spiro atoms. The molecule has 4 rings (SSSR count). The van der Waals surface area contributed by atoms with Gasteiger partial charge in [0.2, 0.25) is 5.95 Å². The van der Waals surface area contributed by atoms with Crippen molar-refractivity contribution in [2.75, 3.05) is 5.73 Å². The number of nitrogen functional groups attached to an aromatic ring is 1. The zero-order valence-corrected chi connectivity index (χ0v) is 10.5. The molecule has 0 saturated heterocycles. The molecule has 3 aromatic rings. The summed E-state index contributed by atoms with van der Waals surface area (Å²) in [6.07, 6.45) is 4.03. The number of rotatable bonds is 1. The first-order valence-corrected chi connectivity index (χ1v) is 6.53. The van der Waals surface area contributed by atoms with Gasteiger partial charge in [-0.2, -0.15) is 0 Å². The fourth-order valence-corrected chi connectivity index (χ4v) is 3.08. The minimum Gasteiger partial charge on any atom is -0.368 e. The lowest BCUT2D eigenvalue weighted by atomic mass is 10.1. The van der Waals surface area contributed by atoms with Crippen LogP contribution in [0.3, 0.4) is 0 Å². The highest BCUT2D eigenvalue weighted by Gasteiger charge is 2.22. The summed E-state index contributed by atoms with van der Waals surface area (Å²) in [6.45, 7) is 1.09. The molecule has 0 amide bonds. The van der Waals surface area contributed by atoms with Gasteiger partial charge in [0, 0.05) is 34.9 Å². The Morgan fingerprint density at radius 2 is 2.05 bits per heavy atom. The van der Waals surface area contributed by atoms with Crippen LogP contribution in [0.5, 0.6) is 0 Å². The van der Waals surface area contributed by atoms with E-state index in [0.29, 0.717) is 5.95 Å². The summed E-state index contributed by atoms with van der Waals surface area (Å²) in [5.74, 6) is 0.333. The maximum absolute atomic E-state index is 5.72. The van der Waals surface area contributed by atoms with Gasteiger partial charge in [0.1, 0.15) is 0 Å². The first-order valence-electron chi connectivity index (χ1n) is 6.53. The lowest BCUT2D eigenvalue weighted by Gasteiger charge is -2.02. The molecule has 0 saturated carbocycles. The molecule has 3 heterocycles. The van der Waals surface area contributed by atoms with Crippen molar-refractivity contribution in [3.63, 3.8) is 0 Å². The lowest BCUT2D eigenvalue weighted by molar-refractivity contribution is 0.772. The third kappa shape index (κ3) is 1.46. The molecule has 0 unspecified atom stereocenters. The van der Waals surface area contributed by atoms with Crippen molar-refractivity contribution in [3.05, 3.63) is 42.2 Å². The number of hydrogen-bond donors (Lipinski definition) is 1. The van der Waals surface area contributed by atoms with Gasteiger partial charge in [0.25, 0.3) is 0 Å². The van der Waals surface area contributed by atoms with Gasteiger partial charge < -0.3 is 10.3 Å². The number of nitrogens with two attached hydrogens (primary N) is 1. The molecule has 0 fully saturated rings. The van der Waals surface area contributed by atoms with Gasteiger partial charge in [-0.25, -0.2) is 9.97 Å². The van der Waals surface area contributed by atoms with Crippen molar-refractivity contribution in [1.29, 1.82) is 0 Å². The van der Waals surface area contributed by atoms with E-state index in [-0.39, 0.29) is 0 Å². The fourth-order valence-electron chi connectivity index (χ4n) is 3.08. The summed E-state index contributed by atoms with van der Waals surface area (Å²) in [4.78, 5) is 8.38. The summed E-state index contributed by atoms with van der Waals surface area (Å²) < 4.78 is 2.41. The lowest BCUT2D eigenvalue weighted by Crippen LogP contribution is -1.96. The van der Waals surface area contributed by atoms with E-state index in [1.54, 1.807) is 6.20 Å². The predicted molar refractivity (Wildman–Crippen MR) is 75.7 cm³/mol. The second-order valence-electron chi connectivity index (χ2n) is 4.89. The van der Waals surface area contributed by atoms with E-state index in [0.717, 1.165) is 18.7 Å². The molecule has 1 aliphatic rings. The van der Waals surface area contributed by atoms with Crippen LogP contribution in [0.2, 0.25) is 0 Å². The third-order valence-corrected chi connectivity index (χ3v) is 3.80. The van der Waals surface area contributed by atoms with Gasteiger partial charge in [-0.1, -0.05) is 18.2 Å². The SMILES string of the molecule is Nc1nccc(-c2c3n(c4ccccc24)CCC3)n1. The first-order chi connectivity index (χ1) is 9.34. The van der Waals surface area contributed by atoms with Crippen molar-refractivity contribution in [2.45, 2.75) is 19.4 Å². The number of nitrogens with zero attached hydrogens (tertiary/aromatic N) is 3. The Hall–Kier alpha value is -2.36. The minimum atomic E-state index is 0.333. The molecule has 0 radical (unpaired) electrons. The van der Waals surface area contributed by atoms with E-state index in [4.69, 9.17) is 5.73 Å². The Labute approximate surface area is 110 Å². The van der Waals surface area contributed by atoms with E-state index < -0.39 is 0 Å². The maximum Gasteiger partial charge on any atom is 0.220 e. The largest absolute Gasteiger partial charge is 0.368 e. The molecule has 1 aromatic carbocycles. The quantitative estimate of drug-likeness (QED) is 0.722. The van der Waals surface area contributed by atoms with Crippen molar-refractivity contribution >= 4 is 16.9 Å². The van der Waals surface area contributed by atoms with Crippen molar-refractivity contribution in [3.8, 4) is 11.3 Å².